The van der Waals surface area contributed by atoms with Gasteiger partial charge >= 0.3 is 0 Å². The summed E-state index contributed by atoms with van der Waals surface area (Å²) in [4.78, 5) is 21.0. The van der Waals surface area contributed by atoms with Crippen LogP contribution in [0.25, 0.3) is 17.0 Å². The van der Waals surface area contributed by atoms with Crippen molar-refractivity contribution in [3.05, 3.63) is 70.5 Å². The maximum Gasteiger partial charge on any atom is 0.258 e. The van der Waals surface area contributed by atoms with Crippen molar-refractivity contribution in [3.63, 3.8) is 0 Å². The minimum absolute atomic E-state index is 0.0752. The fourth-order valence-electron chi connectivity index (χ4n) is 2.87. The molecule has 0 aliphatic heterocycles. The molecule has 4 aromatic rings. The second-order valence-electron chi connectivity index (χ2n) is 6.10. The van der Waals surface area contributed by atoms with Gasteiger partial charge in [0.15, 0.2) is 11.0 Å². The highest BCUT2D eigenvalue weighted by molar-refractivity contribution is 7.98. The fourth-order valence-corrected chi connectivity index (χ4v) is 3.76. The van der Waals surface area contributed by atoms with E-state index in [0.29, 0.717) is 11.4 Å². The number of hydrogen-bond acceptors (Lipinski definition) is 6. The first-order chi connectivity index (χ1) is 13.2. The second-order valence-corrected chi connectivity index (χ2v) is 7.04. The van der Waals surface area contributed by atoms with Crippen molar-refractivity contribution in [3.8, 4) is 11.4 Å². The van der Waals surface area contributed by atoms with Gasteiger partial charge in [0.1, 0.15) is 5.65 Å². The van der Waals surface area contributed by atoms with Crippen molar-refractivity contribution in [1.29, 1.82) is 0 Å². The molecule has 0 amide bonds. The Morgan fingerprint density at radius 1 is 1.11 bits per heavy atom. The van der Waals surface area contributed by atoms with Crippen molar-refractivity contribution in [2.75, 3.05) is 0 Å². The monoisotopic (exact) mass is 378 g/mol. The summed E-state index contributed by atoms with van der Waals surface area (Å²) in [6, 6.07) is 9.22. The van der Waals surface area contributed by atoms with Crippen LogP contribution in [0.4, 0.5) is 0 Å². The van der Waals surface area contributed by atoms with Crippen LogP contribution in [0.2, 0.25) is 0 Å². The van der Waals surface area contributed by atoms with Crippen molar-refractivity contribution in [1.82, 2.24) is 29.1 Å². The highest BCUT2D eigenvalue weighted by Gasteiger charge is 2.14. The third-order valence-electron chi connectivity index (χ3n) is 4.18. The molecule has 0 fully saturated rings. The van der Waals surface area contributed by atoms with Crippen LogP contribution in [-0.2, 0) is 12.3 Å². The number of aromatic nitrogens is 6. The number of aryl methyl sites for hydroxylation is 1. The highest BCUT2D eigenvalue weighted by Crippen LogP contribution is 2.25. The Kier molecular flexibility index (Phi) is 4.72. The number of hydrogen-bond donors (Lipinski definition) is 0. The molecule has 0 aliphatic rings. The normalized spacial score (nSPS) is 11.2. The maximum atomic E-state index is 12.3. The molecule has 27 heavy (non-hydrogen) atoms. The Morgan fingerprint density at radius 3 is 2.70 bits per heavy atom. The topological polar surface area (TPSA) is 78.0 Å². The lowest BCUT2D eigenvalue weighted by atomic mass is 10.2. The Hall–Kier alpha value is -3.00. The molecule has 0 aliphatic carbocycles. The van der Waals surface area contributed by atoms with E-state index in [-0.39, 0.29) is 5.56 Å². The number of thioether (sulfide) groups is 1. The van der Waals surface area contributed by atoms with E-state index >= 15 is 0 Å². The number of pyridine rings is 2. The molecule has 4 aromatic heterocycles. The molecule has 0 aromatic carbocycles. The Labute approximate surface area is 160 Å². The molecule has 0 bridgehead atoms. The SMILES string of the molecule is CCn1c(SCc2cc(=O)n3cc(C)ccc3n2)nnc1-c1ccncc1. The molecule has 0 saturated heterocycles. The maximum absolute atomic E-state index is 12.3. The van der Waals surface area contributed by atoms with Gasteiger partial charge in [0.25, 0.3) is 5.56 Å². The molecule has 0 spiro atoms. The first kappa shape index (κ1) is 17.4. The van der Waals surface area contributed by atoms with Gasteiger partial charge in [-0.05, 0) is 37.6 Å². The standard InChI is InChI=1S/C19H18N6OS/c1-3-24-18(14-6-8-20-9-7-14)22-23-19(24)27-12-15-10-17(26)25-11-13(2)4-5-16(25)21-15/h4-11H,3,12H2,1-2H3. The Balaban J connectivity index is 1.61. The molecule has 0 atom stereocenters. The van der Waals surface area contributed by atoms with Gasteiger partial charge in [0, 0.05) is 42.5 Å². The molecular weight excluding hydrogens is 360 g/mol. The summed E-state index contributed by atoms with van der Waals surface area (Å²) < 4.78 is 3.62. The highest BCUT2D eigenvalue weighted by atomic mass is 32.2. The minimum Gasteiger partial charge on any atom is -0.302 e. The molecule has 7 nitrogen and oxygen atoms in total. The predicted octanol–water partition coefficient (Wildman–Crippen LogP) is 2.97. The molecule has 8 heteroatoms. The van der Waals surface area contributed by atoms with Crippen molar-refractivity contribution >= 4 is 17.4 Å². The number of nitrogens with zero attached hydrogens (tertiary/aromatic N) is 6. The molecule has 4 heterocycles. The van der Waals surface area contributed by atoms with Gasteiger partial charge in [-0.3, -0.25) is 14.2 Å². The molecule has 0 radical (unpaired) electrons. The van der Waals surface area contributed by atoms with E-state index in [9.17, 15) is 4.79 Å². The van der Waals surface area contributed by atoms with Gasteiger partial charge < -0.3 is 4.57 Å². The largest absolute Gasteiger partial charge is 0.302 e. The second kappa shape index (κ2) is 7.32. The van der Waals surface area contributed by atoms with Crippen LogP contribution in [0.1, 0.15) is 18.2 Å². The zero-order valence-electron chi connectivity index (χ0n) is 15.0. The molecular formula is C19H18N6OS. The van der Waals surface area contributed by atoms with Crippen LogP contribution in [-0.4, -0.2) is 29.1 Å². The zero-order valence-corrected chi connectivity index (χ0v) is 15.8. The lowest BCUT2D eigenvalue weighted by molar-refractivity contribution is 0.687. The zero-order chi connectivity index (χ0) is 18.8. The summed E-state index contributed by atoms with van der Waals surface area (Å²) >= 11 is 1.52. The van der Waals surface area contributed by atoms with Crippen molar-refractivity contribution in [2.45, 2.75) is 31.3 Å². The molecule has 136 valence electrons. The van der Waals surface area contributed by atoms with Crippen molar-refractivity contribution in [2.24, 2.45) is 0 Å². The van der Waals surface area contributed by atoms with E-state index in [4.69, 9.17) is 0 Å². The van der Waals surface area contributed by atoms with E-state index in [1.807, 2.05) is 31.2 Å². The van der Waals surface area contributed by atoms with Crippen LogP contribution in [0.5, 0.6) is 0 Å². The number of fused-ring (bicyclic) bond motifs is 1. The molecule has 0 saturated carbocycles. The van der Waals surface area contributed by atoms with E-state index in [0.717, 1.165) is 34.3 Å². The van der Waals surface area contributed by atoms with Crippen LogP contribution in [0.15, 0.2) is 58.9 Å². The van der Waals surface area contributed by atoms with E-state index in [1.165, 1.54) is 11.8 Å². The van der Waals surface area contributed by atoms with Crippen LogP contribution in [0.3, 0.4) is 0 Å². The average molecular weight is 378 g/mol. The number of rotatable bonds is 5. The summed E-state index contributed by atoms with van der Waals surface area (Å²) in [5.41, 5.74) is 3.30. The Morgan fingerprint density at radius 2 is 1.93 bits per heavy atom. The lowest BCUT2D eigenvalue weighted by Gasteiger charge is -2.07. The van der Waals surface area contributed by atoms with E-state index in [1.54, 1.807) is 29.1 Å². The molecule has 4 rings (SSSR count). The third kappa shape index (κ3) is 3.48. The van der Waals surface area contributed by atoms with Gasteiger partial charge in [-0.1, -0.05) is 17.8 Å². The molecule has 0 unspecified atom stereocenters. The lowest BCUT2D eigenvalue weighted by Crippen LogP contribution is -2.15. The van der Waals surface area contributed by atoms with Crippen LogP contribution in [0, 0.1) is 6.92 Å². The fraction of sp³-hybridized carbons (Fsp3) is 0.211. The van der Waals surface area contributed by atoms with Crippen LogP contribution < -0.4 is 5.56 Å². The summed E-state index contributed by atoms with van der Waals surface area (Å²) in [6.07, 6.45) is 5.28. The van der Waals surface area contributed by atoms with Crippen LogP contribution >= 0.6 is 11.8 Å². The average Bonchev–Trinajstić information content (AvgIpc) is 3.10. The smallest absolute Gasteiger partial charge is 0.258 e. The van der Waals surface area contributed by atoms with Gasteiger partial charge in [-0.25, -0.2) is 4.98 Å². The predicted molar refractivity (Wildman–Crippen MR) is 105 cm³/mol. The summed E-state index contributed by atoms with van der Waals surface area (Å²) in [5, 5.41) is 9.45. The van der Waals surface area contributed by atoms with Gasteiger partial charge in [-0.2, -0.15) is 0 Å². The summed E-state index contributed by atoms with van der Waals surface area (Å²) in [6.45, 7) is 4.76. The first-order valence-electron chi connectivity index (χ1n) is 8.61. The summed E-state index contributed by atoms with van der Waals surface area (Å²) in [7, 11) is 0. The Bertz CT molecular complexity index is 1150. The molecule has 0 N–H and O–H groups in total. The minimum atomic E-state index is -0.0752. The first-order valence-corrected chi connectivity index (χ1v) is 9.59. The third-order valence-corrected chi connectivity index (χ3v) is 5.18. The van der Waals surface area contributed by atoms with E-state index < -0.39 is 0 Å². The van der Waals surface area contributed by atoms with Gasteiger partial charge in [-0.15, -0.1) is 10.2 Å². The van der Waals surface area contributed by atoms with Gasteiger partial charge in [0.05, 0.1) is 5.69 Å². The summed E-state index contributed by atoms with van der Waals surface area (Å²) in [5.74, 6) is 1.36. The van der Waals surface area contributed by atoms with Gasteiger partial charge in [0.2, 0.25) is 0 Å². The quantitative estimate of drug-likeness (QED) is 0.497. The van der Waals surface area contributed by atoms with Crippen molar-refractivity contribution < 1.29 is 0 Å². The van der Waals surface area contributed by atoms with E-state index in [2.05, 4.69) is 31.7 Å².